The predicted molar refractivity (Wildman–Crippen MR) is 120 cm³/mol. The lowest BCUT2D eigenvalue weighted by atomic mass is 9.99. The van der Waals surface area contributed by atoms with Crippen LogP contribution in [-0.4, -0.2) is 70.7 Å². The van der Waals surface area contributed by atoms with Gasteiger partial charge in [0.05, 0.1) is 12.1 Å². The summed E-state index contributed by atoms with van der Waals surface area (Å²) in [6, 6.07) is -4.36. The molecular weight excluding hydrogens is 418 g/mol. The van der Waals surface area contributed by atoms with Crippen molar-refractivity contribution in [3.8, 4) is 0 Å². The van der Waals surface area contributed by atoms with Crippen LogP contribution in [0.15, 0.2) is 0 Å². The largest absolute Gasteiger partial charge is 0.480 e. The van der Waals surface area contributed by atoms with Crippen LogP contribution in [0, 0.1) is 11.8 Å². The van der Waals surface area contributed by atoms with Crippen LogP contribution in [-0.2, 0) is 19.2 Å². The Morgan fingerprint density at radius 3 is 1.81 bits per heavy atom. The number of amides is 3. The number of aliphatic hydroxyl groups is 1. The minimum Gasteiger partial charge on any atom is -0.480 e. The van der Waals surface area contributed by atoms with Crippen LogP contribution in [0.3, 0.4) is 0 Å². The summed E-state index contributed by atoms with van der Waals surface area (Å²) in [5, 5.41) is 26.8. The third-order valence-corrected chi connectivity index (χ3v) is 4.93. The van der Waals surface area contributed by atoms with Gasteiger partial charge in [0, 0.05) is 0 Å². The summed E-state index contributed by atoms with van der Waals surface area (Å²) in [5.74, 6) is -3.36. The number of nitrogens with one attached hydrogen (secondary N) is 3. The Balaban J connectivity index is 5.28. The van der Waals surface area contributed by atoms with Crippen molar-refractivity contribution < 1.29 is 29.4 Å². The average Bonchev–Trinajstić information content (AvgIpc) is 2.67. The van der Waals surface area contributed by atoms with E-state index in [0.29, 0.717) is 25.8 Å². The van der Waals surface area contributed by atoms with Crippen molar-refractivity contribution >= 4 is 23.7 Å². The molecule has 0 radical (unpaired) electrons. The number of hydrogen-bond donors (Lipinski definition) is 7. The minimum absolute atomic E-state index is 0.164. The Hall–Kier alpha value is -2.24. The molecule has 0 aromatic heterocycles. The summed E-state index contributed by atoms with van der Waals surface area (Å²) >= 11 is 0. The molecule has 32 heavy (non-hydrogen) atoms. The van der Waals surface area contributed by atoms with Crippen LogP contribution in [0.25, 0.3) is 0 Å². The SMILES string of the molecule is CC(C)CC(N)C(=O)NC(C(=O)NC(C(=O)NC(CCCCN)C(=O)O)C(C)O)C(C)C. The number of aliphatic hydroxyl groups excluding tert-OH is 1. The molecule has 0 saturated carbocycles. The van der Waals surface area contributed by atoms with Crippen molar-refractivity contribution in [1.29, 1.82) is 0 Å². The number of carbonyl (C=O) groups is 4. The Kier molecular flexibility index (Phi) is 13.7. The van der Waals surface area contributed by atoms with E-state index < -0.39 is 54.0 Å². The zero-order chi connectivity index (χ0) is 25.0. The molecule has 0 fully saturated rings. The van der Waals surface area contributed by atoms with Gasteiger partial charge in [-0.2, -0.15) is 0 Å². The second kappa shape index (κ2) is 14.8. The van der Waals surface area contributed by atoms with Gasteiger partial charge in [-0.1, -0.05) is 27.7 Å². The second-order valence-electron chi connectivity index (χ2n) is 8.88. The highest BCUT2D eigenvalue weighted by atomic mass is 16.4. The maximum Gasteiger partial charge on any atom is 0.326 e. The van der Waals surface area contributed by atoms with Crippen LogP contribution < -0.4 is 27.4 Å². The Labute approximate surface area is 190 Å². The first-order chi connectivity index (χ1) is 14.8. The van der Waals surface area contributed by atoms with E-state index in [2.05, 4.69) is 16.0 Å². The summed E-state index contributed by atoms with van der Waals surface area (Å²) < 4.78 is 0. The average molecular weight is 460 g/mol. The molecule has 186 valence electrons. The Morgan fingerprint density at radius 1 is 0.844 bits per heavy atom. The van der Waals surface area contributed by atoms with Gasteiger partial charge in [0.15, 0.2) is 0 Å². The summed E-state index contributed by atoms with van der Waals surface area (Å²) in [4.78, 5) is 49.3. The molecule has 0 aliphatic heterocycles. The molecule has 5 unspecified atom stereocenters. The summed E-state index contributed by atoms with van der Waals surface area (Å²) in [6.45, 7) is 8.98. The molecule has 0 aliphatic rings. The number of rotatable bonds is 15. The number of carboxylic acid groups (broad SMARTS) is 1. The van der Waals surface area contributed by atoms with Crippen molar-refractivity contribution in [2.45, 2.75) is 90.6 Å². The predicted octanol–water partition coefficient (Wildman–Crippen LogP) is -0.935. The number of carboxylic acids is 1. The number of hydrogen-bond acceptors (Lipinski definition) is 7. The first kappa shape index (κ1) is 29.8. The molecule has 0 bridgehead atoms. The van der Waals surface area contributed by atoms with Crippen molar-refractivity contribution in [2.24, 2.45) is 23.3 Å². The van der Waals surface area contributed by atoms with Gasteiger partial charge in [0.25, 0.3) is 0 Å². The summed E-state index contributed by atoms with van der Waals surface area (Å²) in [6.07, 6.45) is 0.404. The third kappa shape index (κ3) is 10.9. The number of carbonyl (C=O) groups excluding carboxylic acids is 3. The Bertz CT molecular complexity index is 626. The van der Waals surface area contributed by atoms with Crippen LogP contribution in [0.5, 0.6) is 0 Å². The van der Waals surface area contributed by atoms with Crippen LogP contribution >= 0.6 is 0 Å². The molecule has 5 atom stereocenters. The van der Waals surface area contributed by atoms with Gasteiger partial charge in [-0.25, -0.2) is 4.79 Å². The number of unbranched alkanes of at least 4 members (excludes halogenated alkanes) is 1. The molecule has 0 spiro atoms. The van der Waals surface area contributed by atoms with Crippen molar-refractivity contribution in [3.05, 3.63) is 0 Å². The van der Waals surface area contributed by atoms with Crippen molar-refractivity contribution in [3.63, 3.8) is 0 Å². The molecule has 0 rings (SSSR count). The van der Waals surface area contributed by atoms with Gasteiger partial charge in [0.1, 0.15) is 18.1 Å². The lowest BCUT2D eigenvalue weighted by Crippen LogP contribution is -2.60. The third-order valence-electron chi connectivity index (χ3n) is 4.93. The molecule has 3 amide bonds. The Morgan fingerprint density at radius 2 is 1.38 bits per heavy atom. The number of aliphatic carboxylic acids is 1. The highest BCUT2D eigenvalue weighted by Crippen LogP contribution is 2.08. The van der Waals surface area contributed by atoms with Gasteiger partial charge in [0.2, 0.25) is 17.7 Å². The molecule has 0 saturated heterocycles. The van der Waals surface area contributed by atoms with Crippen LogP contribution in [0.2, 0.25) is 0 Å². The highest BCUT2D eigenvalue weighted by molar-refractivity contribution is 5.94. The standard InChI is InChI=1S/C21H41N5O6/c1-11(2)10-14(23)18(28)25-16(12(3)4)19(29)26-17(13(5)27)20(30)24-15(21(31)32)8-6-7-9-22/h11-17,27H,6-10,22-23H2,1-5H3,(H,24,30)(H,25,28)(H,26,29)(H,31,32). The second-order valence-corrected chi connectivity index (χ2v) is 8.88. The van der Waals surface area contributed by atoms with E-state index in [1.54, 1.807) is 13.8 Å². The molecule has 0 heterocycles. The first-order valence-corrected chi connectivity index (χ1v) is 11.1. The topological polar surface area (TPSA) is 197 Å². The van der Waals surface area contributed by atoms with Gasteiger partial charge in [-0.05, 0) is 51.0 Å². The molecule has 11 nitrogen and oxygen atoms in total. The molecule has 0 aromatic rings. The maximum absolute atomic E-state index is 12.8. The van der Waals surface area contributed by atoms with E-state index in [9.17, 15) is 29.4 Å². The lowest BCUT2D eigenvalue weighted by molar-refractivity contribution is -0.143. The van der Waals surface area contributed by atoms with E-state index in [4.69, 9.17) is 11.5 Å². The van der Waals surface area contributed by atoms with Crippen LogP contribution in [0.1, 0.15) is 60.3 Å². The molecule has 0 aromatic carbocycles. The molecule has 11 heteroatoms. The minimum atomic E-state index is -1.40. The van der Waals surface area contributed by atoms with E-state index >= 15 is 0 Å². The molecule has 0 aliphatic carbocycles. The first-order valence-electron chi connectivity index (χ1n) is 11.1. The van der Waals surface area contributed by atoms with Crippen molar-refractivity contribution in [1.82, 2.24) is 16.0 Å². The monoisotopic (exact) mass is 459 g/mol. The fourth-order valence-electron chi connectivity index (χ4n) is 3.07. The normalized spacial score (nSPS) is 16.1. The van der Waals surface area contributed by atoms with Gasteiger partial charge in [-0.15, -0.1) is 0 Å². The van der Waals surface area contributed by atoms with Crippen LogP contribution in [0.4, 0.5) is 0 Å². The summed E-state index contributed by atoms with van der Waals surface area (Å²) in [7, 11) is 0. The highest BCUT2D eigenvalue weighted by Gasteiger charge is 2.33. The maximum atomic E-state index is 12.8. The van der Waals surface area contributed by atoms with E-state index in [1.165, 1.54) is 6.92 Å². The zero-order valence-electron chi connectivity index (χ0n) is 19.8. The van der Waals surface area contributed by atoms with E-state index in [1.807, 2.05) is 13.8 Å². The van der Waals surface area contributed by atoms with Gasteiger partial charge >= 0.3 is 5.97 Å². The quantitative estimate of drug-likeness (QED) is 0.152. The van der Waals surface area contributed by atoms with Crippen molar-refractivity contribution in [2.75, 3.05) is 6.54 Å². The zero-order valence-corrected chi connectivity index (χ0v) is 19.8. The molecule has 9 N–H and O–H groups in total. The smallest absolute Gasteiger partial charge is 0.326 e. The molecular formula is C21H41N5O6. The fourth-order valence-corrected chi connectivity index (χ4v) is 3.07. The van der Waals surface area contributed by atoms with E-state index in [-0.39, 0.29) is 18.3 Å². The fraction of sp³-hybridized carbons (Fsp3) is 0.810. The number of nitrogens with two attached hydrogens (primary N) is 2. The van der Waals surface area contributed by atoms with E-state index in [0.717, 1.165) is 0 Å². The van der Waals surface area contributed by atoms with Gasteiger partial charge < -0.3 is 37.6 Å². The summed E-state index contributed by atoms with van der Waals surface area (Å²) in [5.41, 5.74) is 11.3. The lowest BCUT2D eigenvalue weighted by Gasteiger charge is -2.28. The van der Waals surface area contributed by atoms with Gasteiger partial charge in [-0.3, -0.25) is 14.4 Å².